The minimum absolute atomic E-state index is 0.0937. The maximum atomic E-state index is 13.2. The first kappa shape index (κ1) is 16.3. The summed E-state index contributed by atoms with van der Waals surface area (Å²) in [6.07, 6.45) is -1.19. The predicted molar refractivity (Wildman–Crippen MR) is 84.8 cm³/mol. The minimum Gasteiger partial charge on any atom is -0.338 e. The molecule has 1 aliphatic rings. The number of benzene rings is 1. The zero-order valence-electron chi connectivity index (χ0n) is 13.2. The van der Waals surface area contributed by atoms with Gasteiger partial charge < -0.3 is 5.32 Å². The smallest absolute Gasteiger partial charge is 0.338 e. The molecule has 10 heteroatoms. The Morgan fingerprint density at radius 1 is 1.12 bits per heavy atom. The molecule has 2 aromatic heterocycles. The van der Waals surface area contributed by atoms with Crippen molar-refractivity contribution < 1.29 is 17.7 Å². The largest absolute Gasteiger partial charge is 0.439 e. The highest BCUT2D eigenvalue weighted by Gasteiger charge is 2.64. The van der Waals surface area contributed by atoms with E-state index in [9.17, 15) is 18.0 Å². The summed E-state index contributed by atoms with van der Waals surface area (Å²) in [6.45, 7) is 0. The molecular formula is C16H12F3N5O2. The molecule has 2 heterocycles. The first-order valence-corrected chi connectivity index (χ1v) is 7.71. The number of halogens is 3. The molecule has 134 valence electrons. The summed E-state index contributed by atoms with van der Waals surface area (Å²) >= 11 is 0. The Bertz CT molecular complexity index is 990. The van der Waals surface area contributed by atoms with Crippen LogP contribution in [0.25, 0.3) is 11.5 Å². The van der Waals surface area contributed by atoms with Crippen molar-refractivity contribution in [2.75, 3.05) is 5.32 Å². The molecule has 1 aromatic carbocycles. The third-order valence-electron chi connectivity index (χ3n) is 4.36. The summed E-state index contributed by atoms with van der Waals surface area (Å²) in [4.78, 5) is 21.7. The molecule has 0 radical (unpaired) electrons. The second kappa shape index (κ2) is 5.68. The molecule has 0 atom stereocenters. The van der Waals surface area contributed by atoms with Gasteiger partial charge in [-0.05, 0) is 30.5 Å². The Balaban J connectivity index is 1.61. The first-order valence-electron chi connectivity index (χ1n) is 7.71. The molecule has 4 rings (SSSR count). The fourth-order valence-electron chi connectivity index (χ4n) is 2.80. The molecule has 1 aliphatic carbocycles. The first-order chi connectivity index (χ1) is 12.4. The highest BCUT2D eigenvalue weighted by molar-refractivity contribution is 5.70. The summed E-state index contributed by atoms with van der Waals surface area (Å²) in [5, 5.41) is 6.52. The van der Waals surface area contributed by atoms with Crippen molar-refractivity contribution in [1.82, 2.24) is 20.1 Å². The van der Waals surface area contributed by atoms with Crippen LogP contribution < -0.4 is 11.1 Å². The maximum absolute atomic E-state index is 13.2. The van der Waals surface area contributed by atoms with Gasteiger partial charge in [0.2, 0.25) is 5.82 Å². The van der Waals surface area contributed by atoms with Crippen molar-refractivity contribution in [2.24, 2.45) is 0 Å². The van der Waals surface area contributed by atoms with E-state index in [4.69, 9.17) is 0 Å². The van der Waals surface area contributed by atoms with E-state index < -0.39 is 17.3 Å². The van der Waals surface area contributed by atoms with Gasteiger partial charge in [-0.15, -0.1) is 0 Å². The number of hydrogen-bond donors (Lipinski definition) is 2. The van der Waals surface area contributed by atoms with E-state index in [-0.39, 0.29) is 35.7 Å². The summed E-state index contributed by atoms with van der Waals surface area (Å²) in [6, 6.07) is 6.00. The third kappa shape index (κ3) is 2.72. The van der Waals surface area contributed by atoms with Crippen LogP contribution in [0, 0.1) is 0 Å². The average molecular weight is 363 g/mol. The monoisotopic (exact) mass is 363 g/mol. The lowest BCUT2D eigenvalue weighted by Crippen LogP contribution is -2.28. The van der Waals surface area contributed by atoms with E-state index >= 15 is 0 Å². The fraction of sp³-hybridized carbons (Fsp3) is 0.250. The van der Waals surface area contributed by atoms with Crippen molar-refractivity contribution in [1.29, 1.82) is 0 Å². The molecule has 0 unspecified atom stereocenters. The van der Waals surface area contributed by atoms with Crippen LogP contribution in [0.15, 0.2) is 46.0 Å². The Morgan fingerprint density at radius 3 is 2.38 bits per heavy atom. The molecule has 3 aromatic rings. The Labute approximate surface area is 144 Å². The number of H-pyrrole nitrogens is 1. The zero-order chi connectivity index (χ0) is 18.4. The number of anilines is 2. The number of hydrogen-bond acceptors (Lipinski definition) is 6. The van der Waals surface area contributed by atoms with Crippen molar-refractivity contribution in [2.45, 2.75) is 24.4 Å². The van der Waals surface area contributed by atoms with Gasteiger partial charge in [-0.3, -0.25) is 9.51 Å². The number of nitrogens with zero attached hydrogens (tertiary/aromatic N) is 3. The van der Waals surface area contributed by atoms with Crippen molar-refractivity contribution in [3.05, 3.63) is 52.8 Å². The van der Waals surface area contributed by atoms with Crippen LogP contribution >= 0.6 is 0 Å². The van der Waals surface area contributed by atoms with Crippen LogP contribution in [-0.4, -0.2) is 26.3 Å². The van der Waals surface area contributed by atoms with Crippen molar-refractivity contribution in [3.8, 4) is 11.5 Å². The van der Waals surface area contributed by atoms with Crippen LogP contribution in [0.4, 0.5) is 24.7 Å². The molecular weight excluding hydrogens is 351 g/mol. The molecule has 0 bridgehead atoms. The molecule has 1 fully saturated rings. The second-order valence-corrected chi connectivity index (χ2v) is 5.98. The van der Waals surface area contributed by atoms with E-state index in [0.717, 1.165) is 0 Å². The van der Waals surface area contributed by atoms with E-state index in [0.29, 0.717) is 5.69 Å². The summed E-state index contributed by atoms with van der Waals surface area (Å²) in [7, 11) is 0. The Morgan fingerprint density at radius 2 is 1.81 bits per heavy atom. The Kier molecular flexibility index (Phi) is 3.56. The van der Waals surface area contributed by atoms with Crippen LogP contribution in [0.5, 0.6) is 0 Å². The topological polar surface area (TPSA) is 96.7 Å². The quantitative estimate of drug-likeness (QED) is 0.739. The van der Waals surface area contributed by atoms with Crippen LogP contribution in [0.3, 0.4) is 0 Å². The highest BCUT2D eigenvalue weighted by Crippen LogP contribution is 2.58. The van der Waals surface area contributed by atoms with Crippen molar-refractivity contribution >= 4 is 11.5 Å². The number of rotatable bonds is 4. The van der Waals surface area contributed by atoms with Crippen LogP contribution in [-0.2, 0) is 5.41 Å². The lowest BCUT2D eigenvalue weighted by atomic mass is 9.95. The van der Waals surface area contributed by atoms with Crippen LogP contribution in [0.1, 0.15) is 18.4 Å². The van der Waals surface area contributed by atoms with Gasteiger partial charge in [-0.2, -0.15) is 13.2 Å². The SMILES string of the molecule is O=c1[nH]c(-c2nccnc2Nc2ccc(C3(C(F)(F)F)CC3)cc2)no1. The van der Waals surface area contributed by atoms with Gasteiger partial charge in [-0.25, -0.2) is 14.8 Å². The van der Waals surface area contributed by atoms with E-state index in [1.165, 1.54) is 24.5 Å². The summed E-state index contributed by atoms with van der Waals surface area (Å²) in [5.41, 5.74) is -0.699. The molecule has 1 saturated carbocycles. The fourth-order valence-corrected chi connectivity index (χ4v) is 2.80. The van der Waals surface area contributed by atoms with Gasteiger partial charge in [0.05, 0.1) is 5.41 Å². The number of aromatic nitrogens is 4. The minimum atomic E-state index is -4.25. The van der Waals surface area contributed by atoms with Gasteiger partial charge >= 0.3 is 11.9 Å². The van der Waals surface area contributed by atoms with Crippen LogP contribution in [0.2, 0.25) is 0 Å². The number of alkyl halides is 3. The molecule has 0 amide bonds. The van der Waals surface area contributed by atoms with Crippen molar-refractivity contribution in [3.63, 3.8) is 0 Å². The van der Waals surface area contributed by atoms with Gasteiger partial charge in [0.15, 0.2) is 11.5 Å². The lowest BCUT2D eigenvalue weighted by Gasteiger charge is -2.20. The maximum Gasteiger partial charge on any atom is 0.439 e. The zero-order valence-corrected chi connectivity index (χ0v) is 13.2. The van der Waals surface area contributed by atoms with E-state index in [2.05, 4.69) is 29.9 Å². The summed E-state index contributed by atoms with van der Waals surface area (Å²) in [5.74, 6) is -0.360. The molecule has 0 spiro atoms. The van der Waals surface area contributed by atoms with E-state index in [1.54, 1.807) is 12.1 Å². The average Bonchev–Trinajstić information content (AvgIpc) is 3.33. The second-order valence-electron chi connectivity index (χ2n) is 5.98. The van der Waals surface area contributed by atoms with E-state index in [1.807, 2.05) is 0 Å². The highest BCUT2D eigenvalue weighted by atomic mass is 19.4. The lowest BCUT2D eigenvalue weighted by molar-refractivity contribution is -0.160. The standard InChI is InChI=1S/C16H12F3N5O2/c17-16(18,19)15(5-6-15)9-1-3-10(4-2-9)22-12-11(20-7-8-21-12)13-23-14(25)26-24-13/h1-4,7-8H,5-6H2,(H,21,22)(H,23,24,25). The summed E-state index contributed by atoms with van der Waals surface area (Å²) < 4.78 is 44.0. The van der Waals surface area contributed by atoms with Gasteiger partial charge in [0, 0.05) is 18.1 Å². The molecule has 0 aliphatic heterocycles. The van der Waals surface area contributed by atoms with Gasteiger partial charge in [-0.1, -0.05) is 17.3 Å². The third-order valence-corrected chi connectivity index (χ3v) is 4.36. The predicted octanol–water partition coefficient (Wildman–Crippen LogP) is 3.16. The Hall–Kier alpha value is -3.17. The van der Waals surface area contributed by atoms with Gasteiger partial charge in [0.25, 0.3) is 0 Å². The number of nitrogens with one attached hydrogen (secondary N) is 2. The molecule has 0 saturated heterocycles. The molecule has 7 nitrogen and oxygen atoms in total. The van der Waals surface area contributed by atoms with Gasteiger partial charge in [0.1, 0.15) is 0 Å². The normalized spacial score (nSPS) is 15.7. The molecule has 2 N–H and O–H groups in total. The molecule has 26 heavy (non-hydrogen) atoms. The number of aromatic amines is 1.